The van der Waals surface area contributed by atoms with Crippen molar-refractivity contribution in [2.24, 2.45) is 0 Å². The van der Waals surface area contributed by atoms with E-state index in [0.717, 1.165) is 72.0 Å². The lowest BCUT2D eigenvalue weighted by atomic mass is 10.0. The maximum Gasteiger partial charge on any atom is 0.166 e. The summed E-state index contributed by atoms with van der Waals surface area (Å²) >= 11 is 1.81. The van der Waals surface area contributed by atoms with Crippen LogP contribution in [-0.2, 0) is 0 Å². The van der Waals surface area contributed by atoms with E-state index in [-0.39, 0.29) is 0 Å². The van der Waals surface area contributed by atoms with Crippen molar-refractivity contribution in [1.29, 1.82) is 0 Å². The molecule has 330 valence electrons. The van der Waals surface area contributed by atoms with Gasteiger partial charge in [0.1, 0.15) is 0 Å². The summed E-state index contributed by atoms with van der Waals surface area (Å²) in [6.45, 7) is 0. The molecule has 71 heavy (non-hydrogen) atoms. The van der Waals surface area contributed by atoms with Crippen LogP contribution in [0.25, 0.3) is 142 Å². The topological polar surface area (TPSA) is 48.5 Å². The molecule has 0 amide bonds. The maximum atomic E-state index is 5.65. The third-order valence-corrected chi connectivity index (χ3v) is 15.5. The molecule has 0 aliphatic rings. The molecule has 0 aliphatic heterocycles. The summed E-state index contributed by atoms with van der Waals surface area (Å²) in [6, 6.07) is 85.1. The lowest BCUT2D eigenvalue weighted by Gasteiger charge is -2.16. The SMILES string of the molecule is c1ccc(-c2ccc(-c3nc(-c4cc5sc6ccccc6c5cc4-n4c5cc6ccccc6cc5c5c6ccccc6ccc54)nc(-c4cccc5c4c4ccccc4n5-c4ccccc4)n3)cc2)cc1. The van der Waals surface area contributed by atoms with Crippen LogP contribution in [0.2, 0.25) is 0 Å². The molecule has 5 nitrogen and oxygen atoms in total. The minimum absolute atomic E-state index is 0.604. The second-order valence-electron chi connectivity index (χ2n) is 18.3. The van der Waals surface area contributed by atoms with Crippen molar-refractivity contribution in [2.45, 2.75) is 0 Å². The van der Waals surface area contributed by atoms with Gasteiger partial charge in [0.25, 0.3) is 0 Å². The lowest BCUT2D eigenvalue weighted by Crippen LogP contribution is -2.04. The zero-order chi connectivity index (χ0) is 46.6. The number of fused-ring (bicyclic) bond motifs is 12. The van der Waals surface area contributed by atoms with Crippen LogP contribution in [0.3, 0.4) is 0 Å². The van der Waals surface area contributed by atoms with Crippen LogP contribution < -0.4 is 0 Å². The summed E-state index contributed by atoms with van der Waals surface area (Å²) < 4.78 is 7.23. The van der Waals surface area contributed by atoms with Gasteiger partial charge in [-0.05, 0) is 93.3 Å². The molecule has 0 fully saturated rings. The first-order valence-electron chi connectivity index (χ1n) is 24.0. The molecule has 0 unspecified atom stereocenters. The first kappa shape index (κ1) is 39.7. The van der Waals surface area contributed by atoms with Crippen molar-refractivity contribution in [1.82, 2.24) is 24.1 Å². The second kappa shape index (κ2) is 15.7. The van der Waals surface area contributed by atoms with Gasteiger partial charge in [0.05, 0.1) is 27.8 Å². The van der Waals surface area contributed by atoms with E-state index >= 15 is 0 Å². The number of para-hydroxylation sites is 2. The fraction of sp³-hybridized carbons (Fsp3) is 0. The molecule has 4 heterocycles. The molecule has 15 rings (SSSR count). The van der Waals surface area contributed by atoms with Crippen molar-refractivity contribution in [3.63, 3.8) is 0 Å². The molecular weight excluding hydrogens is 883 g/mol. The van der Waals surface area contributed by atoms with Crippen LogP contribution in [0.4, 0.5) is 0 Å². The number of rotatable bonds is 6. The Kier molecular flexibility index (Phi) is 8.76. The van der Waals surface area contributed by atoms with Crippen molar-refractivity contribution >= 4 is 96.7 Å². The minimum Gasteiger partial charge on any atom is -0.309 e. The van der Waals surface area contributed by atoms with Gasteiger partial charge in [-0.15, -0.1) is 11.3 Å². The largest absolute Gasteiger partial charge is 0.309 e. The molecule has 0 spiro atoms. The molecule has 15 aromatic rings. The highest BCUT2D eigenvalue weighted by molar-refractivity contribution is 7.25. The van der Waals surface area contributed by atoms with Crippen LogP contribution in [0.15, 0.2) is 237 Å². The highest BCUT2D eigenvalue weighted by Crippen LogP contribution is 2.45. The predicted octanol–water partition coefficient (Wildman–Crippen LogP) is 17.4. The average molecular weight is 922 g/mol. The van der Waals surface area contributed by atoms with Crippen molar-refractivity contribution in [2.75, 3.05) is 0 Å². The van der Waals surface area contributed by atoms with E-state index < -0.39 is 0 Å². The standard InChI is InChI=1S/C65H39N5S/c1-3-16-40(17-4-1)41-30-32-43(33-31-41)63-66-64(50-26-15-28-55-62(50)49-25-11-13-27-54(49)69(55)46-21-5-2-6-22-46)68-65(67-63)53-39-60-51(48-24-12-14-29-59(48)71-60)38-58(53)70-56-35-34-42-18-9-10-23-47(42)61(56)52-36-44-19-7-8-20-45(44)37-57(52)70/h1-39H. The van der Waals surface area contributed by atoms with Crippen LogP contribution >= 0.6 is 11.3 Å². The Labute approximate surface area is 411 Å². The Morgan fingerprint density at radius 2 is 0.901 bits per heavy atom. The van der Waals surface area contributed by atoms with E-state index in [9.17, 15) is 0 Å². The van der Waals surface area contributed by atoms with Gasteiger partial charge >= 0.3 is 0 Å². The molecule has 0 radical (unpaired) electrons. The summed E-state index contributed by atoms with van der Waals surface area (Å²) in [5, 5.41) is 11.9. The zero-order valence-corrected chi connectivity index (χ0v) is 39.0. The second-order valence-corrected chi connectivity index (χ2v) is 19.4. The number of nitrogens with zero attached hydrogens (tertiary/aromatic N) is 5. The van der Waals surface area contributed by atoms with Gasteiger partial charge in [0.15, 0.2) is 17.5 Å². The van der Waals surface area contributed by atoms with Crippen molar-refractivity contribution < 1.29 is 0 Å². The zero-order valence-electron chi connectivity index (χ0n) is 38.2. The summed E-state index contributed by atoms with van der Waals surface area (Å²) in [7, 11) is 0. The molecule has 11 aromatic carbocycles. The monoisotopic (exact) mass is 921 g/mol. The highest BCUT2D eigenvalue weighted by Gasteiger charge is 2.25. The van der Waals surface area contributed by atoms with E-state index in [1.165, 1.54) is 52.5 Å². The van der Waals surface area contributed by atoms with Gasteiger partial charge in [0.2, 0.25) is 0 Å². The molecule has 0 saturated carbocycles. The number of thiophene rings is 1. The Morgan fingerprint density at radius 1 is 0.296 bits per heavy atom. The molecule has 4 aromatic heterocycles. The molecule has 0 aliphatic carbocycles. The fourth-order valence-electron chi connectivity index (χ4n) is 11.1. The van der Waals surface area contributed by atoms with Crippen molar-refractivity contribution in [3.8, 4) is 56.7 Å². The molecular formula is C65H39N5S. The summed E-state index contributed by atoms with van der Waals surface area (Å²) in [5.41, 5.74) is 11.6. The highest BCUT2D eigenvalue weighted by atomic mass is 32.1. The van der Waals surface area contributed by atoms with Gasteiger partial charge in [-0.3, -0.25) is 0 Å². The summed E-state index contributed by atoms with van der Waals surface area (Å²) in [6.07, 6.45) is 0. The fourth-order valence-corrected chi connectivity index (χ4v) is 12.2. The first-order valence-corrected chi connectivity index (χ1v) is 24.8. The van der Waals surface area contributed by atoms with E-state index in [2.05, 4.69) is 246 Å². The van der Waals surface area contributed by atoms with Gasteiger partial charge in [-0.2, -0.15) is 0 Å². The van der Waals surface area contributed by atoms with E-state index in [4.69, 9.17) is 15.0 Å². The van der Waals surface area contributed by atoms with E-state index in [0.29, 0.717) is 17.5 Å². The van der Waals surface area contributed by atoms with Crippen LogP contribution in [0.5, 0.6) is 0 Å². The first-order chi connectivity index (χ1) is 35.2. The van der Waals surface area contributed by atoms with Crippen LogP contribution in [-0.4, -0.2) is 24.1 Å². The molecule has 0 bridgehead atoms. The number of benzene rings is 11. The lowest BCUT2D eigenvalue weighted by molar-refractivity contribution is 1.07. The third-order valence-electron chi connectivity index (χ3n) is 14.3. The predicted molar refractivity (Wildman–Crippen MR) is 298 cm³/mol. The van der Waals surface area contributed by atoms with Gasteiger partial charge in [-0.25, -0.2) is 15.0 Å². The third kappa shape index (κ3) is 6.22. The van der Waals surface area contributed by atoms with Crippen LogP contribution in [0, 0.1) is 0 Å². The number of hydrogen-bond acceptors (Lipinski definition) is 4. The summed E-state index contributed by atoms with van der Waals surface area (Å²) in [4.78, 5) is 16.7. The van der Waals surface area contributed by atoms with E-state index in [1.807, 2.05) is 11.3 Å². The van der Waals surface area contributed by atoms with Gasteiger partial charge < -0.3 is 9.13 Å². The Morgan fingerprint density at radius 3 is 1.72 bits per heavy atom. The Hall–Kier alpha value is -9.23. The molecule has 0 saturated heterocycles. The normalized spacial score (nSPS) is 11.9. The average Bonchev–Trinajstić information content (AvgIpc) is 4.09. The van der Waals surface area contributed by atoms with E-state index in [1.54, 1.807) is 0 Å². The number of aromatic nitrogens is 5. The molecule has 0 atom stereocenters. The maximum absolute atomic E-state index is 5.65. The van der Waals surface area contributed by atoms with Crippen molar-refractivity contribution in [3.05, 3.63) is 237 Å². The quantitative estimate of drug-likeness (QED) is 0.167. The smallest absolute Gasteiger partial charge is 0.166 e. The Bertz CT molecular complexity index is 4620. The van der Waals surface area contributed by atoms with Crippen LogP contribution in [0.1, 0.15) is 0 Å². The number of hydrogen-bond donors (Lipinski definition) is 0. The molecule has 6 heteroatoms. The molecule has 0 N–H and O–H groups in total. The van der Waals surface area contributed by atoms with Gasteiger partial charge in [0, 0.05) is 64.1 Å². The van der Waals surface area contributed by atoms with Gasteiger partial charge in [-0.1, -0.05) is 176 Å². The summed E-state index contributed by atoms with van der Waals surface area (Å²) in [5.74, 6) is 1.82. The Balaban J connectivity index is 1.06. The minimum atomic E-state index is 0.604.